The highest BCUT2D eigenvalue weighted by molar-refractivity contribution is 5.33. The first kappa shape index (κ1) is 13.8. The van der Waals surface area contributed by atoms with Gasteiger partial charge in [0.15, 0.2) is 0 Å². The van der Waals surface area contributed by atoms with Crippen molar-refractivity contribution < 1.29 is 4.39 Å². The van der Waals surface area contributed by atoms with E-state index in [1.165, 1.54) is 5.56 Å². The Bertz CT molecular complexity index is 473. The summed E-state index contributed by atoms with van der Waals surface area (Å²) in [6.45, 7) is 1.97. The fourth-order valence-electron chi connectivity index (χ4n) is 2.89. The van der Waals surface area contributed by atoms with Gasteiger partial charge in [-0.25, -0.2) is 4.39 Å². The van der Waals surface area contributed by atoms with Crippen molar-refractivity contribution in [2.75, 3.05) is 0 Å². The highest BCUT2D eigenvalue weighted by atomic mass is 19.1. The van der Waals surface area contributed by atoms with Crippen molar-refractivity contribution in [1.29, 1.82) is 5.26 Å². The highest BCUT2D eigenvalue weighted by Crippen LogP contribution is 2.39. The Morgan fingerprint density at radius 2 is 1.89 bits per heavy atom. The molecule has 0 atom stereocenters. The van der Waals surface area contributed by atoms with Crippen molar-refractivity contribution in [3.8, 4) is 6.07 Å². The van der Waals surface area contributed by atoms with Crippen molar-refractivity contribution in [2.24, 2.45) is 5.92 Å². The number of rotatable bonds is 3. The van der Waals surface area contributed by atoms with Gasteiger partial charge in [0.25, 0.3) is 0 Å². The van der Waals surface area contributed by atoms with Crippen LogP contribution in [0.5, 0.6) is 0 Å². The third-order valence-electron chi connectivity index (χ3n) is 4.03. The molecule has 100 valence electrons. The zero-order valence-corrected chi connectivity index (χ0v) is 11.4. The van der Waals surface area contributed by atoms with E-state index < -0.39 is 0 Å². The Balaban J connectivity index is 1.96. The number of hydrogen-bond donors (Lipinski definition) is 0. The van der Waals surface area contributed by atoms with E-state index in [0.29, 0.717) is 11.5 Å². The molecule has 0 unspecified atom stereocenters. The molecule has 2 rings (SSSR count). The number of halogens is 1. The molecule has 0 aliphatic heterocycles. The lowest BCUT2D eigenvalue weighted by Gasteiger charge is -2.28. The lowest BCUT2D eigenvalue weighted by atomic mass is 9.78. The summed E-state index contributed by atoms with van der Waals surface area (Å²) in [5.74, 6) is 0.744. The van der Waals surface area contributed by atoms with Gasteiger partial charge in [0.2, 0.25) is 0 Å². The quantitative estimate of drug-likeness (QED) is 0.739. The summed E-state index contributed by atoms with van der Waals surface area (Å²) in [6, 6.07) is 9.97. The minimum atomic E-state index is 0.0841. The van der Waals surface area contributed by atoms with Gasteiger partial charge in [-0.05, 0) is 55.7 Å². The predicted octanol–water partition coefficient (Wildman–Crippen LogP) is 5.10. The molecule has 1 aromatic carbocycles. The normalized spacial score (nSPS) is 23.9. The largest absolute Gasteiger partial charge is 0.212 e. The van der Waals surface area contributed by atoms with Crippen molar-refractivity contribution >= 4 is 0 Å². The molecule has 1 aliphatic carbocycles. The second-order valence-electron chi connectivity index (χ2n) is 5.28. The van der Waals surface area contributed by atoms with Gasteiger partial charge in [-0.1, -0.05) is 25.1 Å². The molecule has 1 aliphatic rings. The first-order valence-corrected chi connectivity index (χ1v) is 7.10. The van der Waals surface area contributed by atoms with E-state index in [1.54, 1.807) is 6.08 Å². The molecule has 0 spiro atoms. The third-order valence-corrected chi connectivity index (χ3v) is 4.03. The third kappa shape index (κ3) is 3.44. The van der Waals surface area contributed by atoms with E-state index >= 15 is 0 Å². The van der Waals surface area contributed by atoms with E-state index in [9.17, 15) is 4.39 Å². The Morgan fingerprint density at radius 3 is 2.42 bits per heavy atom. The average Bonchev–Trinajstić information content (AvgIpc) is 2.48. The van der Waals surface area contributed by atoms with Crippen molar-refractivity contribution in [3.05, 3.63) is 47.3 Å². The molecular weight excluding hydrogens is 237 g/mol. The second kappa shape index (κ2) is 6.52. The zero-order valence-electron chi connectivity index (χ0n) is 11.4. The van der Waals surface area contributed by atoms with E-state index in [0.717, 1.165) is 32.1 Å². The van der Waals surface area contributed by atoms with Crippen LogP contribution in [0.4, 0.5) is 4.39 Å². The SMILES string of the molecule is CCC=C(F)C1CCC(c2ccc(C#N)cc2)CC1. The summed E-state index contributed by atoms with van der Waals surface area (Å²) in [5, 5.41) is 8.79. The molecule has 0 saturated heterocycles. The van der Waals surface area contributed by atoms with Gasteiger partial charge in [0.1, 0.15) is 0 Å². The van der Waals surface area contributed by atoms with Crippen molar-refractivity contribution in [1.82, 2.24) is 0 Å². The molecule has 0 radical (unpaired) electrons. The van der Waals surface area contributed by atoms with E-state index in [4.69, 9.17) is 5.26 Å². The van der Waals surface area contributed by atoms with Crippen molar-refractivity contribution in [3.63, 3.8) is 0 Å². The maximum absolute atomic E-state index is 13.7. The average molecular weight is 257 g/mol. The minimum Gasteiger partial charge on any atom is -0.212 e. The van der Waals surface area contributed by atoms with Crippen LogP contribution in [0.15, 0.2) is 36.2 Å². The molecule has 0 heterocycles. The molecule has 19 heavy (non-hydrogen) atoms. The first-order valence-electron chi connectivity index (χ1n) is 7.10. The van der Waals surface area contributed by atoms with Crippen LogP contribution in [0.2, 0.25) is 0 Å². The molecule has 0 aromatic heterocycles. The zero-order chi connectivity index (χ0) is 13.7. The van der Waals surface area contributed by atoms with Crippen LogP contribution in [0.1, 0.15) is 56.1 Å². The Morgan fingerprint density at radius 1 is 1.26 bits per heavy atom. The maximum Gasteiger partial charge on any atom is 0.0991 e. The number of nitriles is 1. The summed E-state index contributed by atoms with van der Waals surface area (Å²) >= 11 is 0. The number of allylic oxidation sites excluding steroid dienone is 2. The molecule has 1 fully saturated rings. The number of benzene rings is 1. The smallest absolute Gasteiger partial charge is 0.0991 e. The van der Waals surface area contributed by atoms with Gasteiger partial charge in [0, 0.05) is 5.92 Å². The van der Waals surface area contributed by atoms with E-state index in [-0.39, 0.29) is 11.7 Å². The van der Waals surface area contributed by atoms with E-state index in [2.05, 4.69) is 6.07 Å². The molecule has 1 nitrogen and oxygen atoms in total. The summed E-state index contributed by atoms with van der Waals surface area (Å²) in [6.07, 6.45) is 6.46. The van der Waals surface area contributed by atoms with Crippen LogP contribution in [0.25, 0.3) is 0 Å². The fourth-order valence-corrected chi connectivity index (χ4v) is 2.89. The molecule has 0 amide bonds. The van der Waals surface area contributed by atoms with Crippen LogP contribution in [-0.4, -0.2) is 0 Å². The first-order chi connectivity index (χ1) is 9.24. The van der Waals surface area contributed by atoms with Gasteiger partial charge < -0.3 is 0 Å². The molecule has 2 heteroatoms. The lowest BCUT2D eigenvalue weighted by Crippen LogP contribution is -2.13. The summed E-state index contributed by atoms with van der Waals surface area (Å²) < 4.78 is 13.7. The summed E-state index contributed by atoms with van der Waals surface area (Å²) in [7, 11) is 0. The monoisotopic (exact) mass is 257 g/mol. The van der Waals surface area contributed by atoms with Gasteiger partial charge in [-0.15, -0.1) is 0 Å². The van der Waals surface area contributed by atoms with E-state index in [1.807, 2.05) is 31.2 Å². The molecule has 1 saturated carbocycles. The Hall–Kier alpha value is -1.62. The Kier molecular flexibility index (Phi) is 4.74. The Labute approximate surface area is 114 Å². The lowest BCUT2D eigenvalue weighted by molar-refractivity contribution is 0.319. The number of nitrogens with zero attached hydrogens (tertiary/aromatic N) is 1. The number of hydrogen-bond acceptors (Lipinski definition) is 1. The van der Waals surface area contributed by atoms with Gasteiger partial charge >= 0.3 is 0 Å². The minimum absolute atomic E-state index is 0.0841. The van der Waals surface area contributed by atoms with Gasteiger partial charge in [-0.2, -0.15) is 5.26 Å². The van der Waals surface area contributed by atoms with Crippen LogP contribution in [0.3, 0.4) is 0 Å². The van der Waals surface area contributed by atoms with Crippen molar-refractivity contribution in [2.45, 2.75) is 44.9 Å². The van der Waals surface area contributed by atoms with Gasteiger partial charge in [-0.3, -0.25) is 0 Å². The van der Waals surface area contributed by atoms with Crippen LogP contribution >= 0.6 is 0 Å². The van der Waals surface area contributed by atoms with Crippen LogP contribution < -0.4 is 0 Å². The standard InChI is InChI=1S/C17H20FN/c1-2-3-17(18)16-10-8-15(9-11-16)14-6-4-13(12-19)5-7-14/h3-7,15-16H,2,8-11H2,1H3. The fraction of sp³-hybridized carbons (Fsp3) is 0.471. The molecular formula is C17H20FN. The van der Waals surface area contributed by atoms with Gasteiger partial charge in [0.05, 0.1) is 17.5 Å². The molecule has 0 N–H and O–H groups in total. The van der Waals surface area contributed by atoms with Crippen LogP contribution in [-0.2, 0) is 0 Å². The predicted molar refractivity (Wildman–Crippen MR) is 75.3 cm³/mol. The topological polar surface area (TPSA) is 23.8 Å². The highest BCUT2D eigenvalue weighted by Gasteiger charge is 2.24. The summed E-state index contributed by atoms with van der Waals surface area (Å²) in [4.78, 5) is 0. The summed E-state index contributed by atoms with van der Waals surface area (Å²) in [5.41, 5.74) is 1.99. The molecule has 1 aromatic rings. The molecule has 0 bridgehead atoms. The maximum atomic E-state index is 13.7. The second-order valence-corrected chi connectivity index (χ2v) is 5.28. The van der Waals surface area contributed by atoms with Crippen LogP contribution in [0, 0.1) is 17.2 Å².